The van der Waals surface area contributed by atoms with Crippen molar-refractivity contribution in [3.63, 3.8) is 0 Å². The van der Waals surface area contributed by atoms with Crippen molar-refractivity contribution in [3.05, 3.63) is 0 Å². The van der Waals surface area contributed by atoms with E-state index in [-0.39, 0.29) is 0 Å². The largest absolute Gasteiger partial charge is 0.376 e. The first-order valence-corrected chi connectivity index (χ1v) is 4.23. The average Bonchev–Trinajstić information content (AvgIpc) is 2.43. The van der Waals surface area contributed by atoms with Gasteiger partial charge in [-0.15, -0.1) is 0 Å². The summed E-state index contributed by atoms with van der Waals surface area (Å²) in [6, 6.07) is 0.378. The third-order valence-corrected chi connectivity index (χ3v) is 3.63. The molecule has 0 amide bonds. The van der Waals surface area contributed by atoms with E-state index in [1.54, 1.807) is 0 Å². The molecule has 2 saturated carbocycles. The maximum Gasteiger partial charge on any atom is 0.0760 e. The molecule has 0 spiro atoms. The molecule has 0 aromatic rings. The van der Waals surface area contributed by atoms with Crippen molar-refractivity contribution in [1.82, 2.24) is 0 Å². The quantitative estimate of drug-likeness (QED) is 0.526. The fourth-order valence-corrected chi connectivity index (χ4v) is 3.13. The van der Waals surface area contributed by atoms with Crippen molar-refractivity contribution < 1.29 is 4.74 Å². The van der Waals surface area contributed by atoms with Crippen LogP contribution in [0.5, 0.6) is 0 Å². The van der Waals surface area contributed by atoms with Crippen LogP contribution in [0.2, 0.25) is 0 Å². The van der Waals surface area contributed by atoms with E-state index in [0.29, 0.717) is 12.1 Å². The Kier molecular flexibility index (Phi) is 0.868. The van der Waals surface area contributed by atoms with E-state index in [1.165, 1.54) is 12.8 Å². The molecule has 3 rings (SSSR count). The first-order valence-electron chi connectivity index (χ1n) is 4.23. The van der Waals surface area contributed by atoms with Crippen molar-refractivity contribution in [2.24, 2.45) is 23.5 Å². The second kappa shape index (κ2) is 1.56. The van der Waals surface area contributed by atoms with Crippen LogP contribution in [0.1, 0.15) is 12.8 Å². The number of hydrogen-bond donors (Lipinski definition) is 1. The van der Waals surface area contributed by atoms with Crippen LogP contribution in [0, 0.1) is 17.8 Å². The van der Waals surface area contributed by atoms with Crippen molar-refractivity contribution >= 4 is 0 Å². The molecule has 3 aliphatic rings. The summed E-state index contributed by atoms with van der Waals surface area (Å²) in [5.41, 5.74) is 5.98. The lowest BCUT2D eigenvalue weighted by Crippen LogP contribution is -2.39. The number of nitrogens with two attached hydrogens (primary N) is 1. The van der Waals surface area contributed by atoms with Gasteiger partial charge in [0.15, 0.2) is 0 Å². The van der Waals surface area contributed by atoms with Crippen LogP contribution in [-0.2, 0) is 4.74 Å². The highest BCUT2D eigenvalue weighted by Gasteiger charge is 2.55. The van der Waals surface area contributed by atoms with Gasteiger partial charge in [0.1, 0.15) is 0 Å². The van der Waals surface area contributed by atoms with Crippen LogP contribution in [0.4, 0.5) is 0 Å². The van der Waals surface area contributed by atoms with Gasteiger partial charge in [0.25, 0.3) is 0 Å². The first kappa shape index (κ1) is 5.56. The van der Waals surface area contributed by atoms with Gasteiger partial charge in [-0.3, -0.25) is 0 Å². The van der Waals surface area contributed by atoms with Crippen molar-refractivity contribution in [2.45, 2.75) is 25.0 Å². The van der Waals surface area contributed by atoms with Gasteiger partial charge in [0.05, 0.1) is 12.7 Å². The maximum atomic E-state index is 5.98. The van der Waals surface area contributed by atoms with Crippen LogP contribution in [0.25, 0.3) is 0 Å². The SMILES string of the molecule is NC1C2CC3COC1C3C2. The fraction of sp³-hybridized carbons (Fsp3) is 1.00. The molecule has 3 fully saturated rings. The van der Waals surface area contributed by atoms with Gasteiger partial charge >= 0.3 is 0 Å². The number of hydrogen-bond acceptors (Lipinski definition) is 2. The fourth-order valence-electron chi connectivity index (χ4n) is 3.13. The highest BCUT2D eigenvalue weighted by atomic mass is 16.5. The zero-order valence-corrected chi connectivity index (χ0v) is 5.99. The number of fused-ring (bicyclic) bond motifs is 1. The van der Waals surface area contributed by atoms with Gasteiger partial charge in [-0.2, -0.15) is 0 Å². The summed E-state index contributed by atoms with van der Waals surface area (Å²) in [6.07, 6.45) is 3.16. The normalized spacial score (nSPS) is 63.9. The molecule has 5 atom stereocenters. The second-order valence-electron chi connectivity index (χ2n) is 4.03. The van der Waals surface area contributed by atoms with Gasteiger partial charge in [-0.25, -0.2) is 0 Å². The molecular weight excluding hydrogens is 126 g/mol. The summed E-state index contributed by atoms with van der Waals surface area (Å²) in [6.45, 7) is 1.000. The van der Waals surface area contributed by atoms with Gasteiger partial charge in [0, 0.05) is 6.04 Å². The Labute approximate surface area is 60.7 Å². The summed E-state index contributed by atoms with van der Waals surface area (Å²) in [4.78, 5) is 0. The number of ether oxygens (including phenoxy) is 1. The van der Waals surface area contributed by atoms with Crippen molar-refractivity contribution in [3.8, 4) is 0 Å². The molecule has 2 aliphatic carbocycles. The monoisotopic (exact) mass is 139 g/mol. The Morgan fingerprint density at radius 2 is 2.10 bits per heavy atom. The second-order valence-corrected chi connectivity index (χ2v) is 4.03. The highest BCUT2D eigenvalue weighted by molar-refractivity contribution is 5.07. The molecule has 2 heteroatoms. The van der Waals surface area contributed by atoms with Gasteiger partial charge in [-0.1, -0.05) is 0 Å². The molecule has 2 nitrogen and oxygen atoms in total. The van der Waals surface area contributed by atoms with Gasteiger partial charge in [-0.05, 0) is 30.6 Å². The van der Waals surface area contributed by atoms with E-state index in [2.05, 4.69) is 0 Å². The van der Waals surface area contributed by atoms with E-state index in [0.717, 1.165) is 24.4 Å². The molecule has 1 saturated heterocycles. The molecule has 2 N–H and O–H groups in total. The Morgan fingerprint density at radius 3 is 2.80 bits per heavy atom. The van der Waals surface area contributed by atoms with E-state index in [1.807, 2.05) is 0 Å². The smallest absolute Gasteiger partial charge is 0.0760 e. The maximum absolute atomic E-state index is 5.98. The minimum absolute atomic E-state index is 0.378. The first-order chi connectivity index (χ1) is 4.86. The zero-order chi connectivity index (χ0) is 6.72. The molecule has 5 unspecified atom stereocenters. The molecular formula is C8H13NO. The molecule has 0 aromatic heterocycles. The average molecular weight is 139 g/mol. The Morgan fingerprint density at radius 1 is 1.20 bits per heavy atom. The minimum Gasteiger partial charge on any atom is -0.376 e. The molecule has 56 valence electrons. The van der Waals surface area contributed by atoms with Crippen LogP contribution in [0.15, 0.2) is 0 Å². The molecule has 0 aromatic carbocycles. The van der Waals surface area contributed by atoms with Crippen LogP contribution in [0.3, 0.4) is 0 Å². The van der Waals surface area contributed by atoms with Crippen molar-refractivity contribution in [1.29, 1.82) is 0 Å². The van der Waals surface area contributed by atoms with E-state index < -0.39 is 0 Å². The number of rotatable bonds is 0. The summed E-state index contributed by atoms with van der Waals surface area (Å²) in [7, 11) is 0. The Balaban J connectivity index is 2.00. The Hall–Kier alpha value is -0.0800. The lowest BCUT2D eigenvalue weighted by molar-refractivity contribution is 0.0879. The van der Waals surface area contributed by atoms with E-state index in [4.69, 9.17) is 10.5 Å². The third-order valence-electron chi connectivity index (χ3n) is 3.63. The molecule has 10 heavy (non-hydrogen) atoms. The molecule has 0 radical (unpaired) electrons. The highest BCUT2D eigenvalue weighted by Crippen LogP contribution is 2.52. The molecule has 2 bridgehead atoms. The predicted octanol–water partition coefficient (Wildman–Crippen LogP) is 0.368. The third kappa shape index (κ3) is 0.453. The van der Waals surface area contributed by atoms with Crippen LogP contribution < -0.4 is 5.73 Å². The zero-order valence-electron chi connectivity index (χ0n) is 5.99. The lowest BCUT2D eigenvalue weighted by atomic mass is 9.87. The van der Waals surface area contributed by atoms with E-state index in [9.17, 15) is 0 Å². The summed E-state index contributed by atoms with van der Waals surface area (Å²) >= 11 is 0. The molecule has 1 aliphatic heterocycles. The van der Waals surface area contributed by atoms with E-state index >= 15 is 0 Å². The summed E-state index contributed by atoms with van der Waals surface area (Å²) < 4.78 is 5.62. The summed E-state index contributed by atoms with van der Waals surface area (Å²) in [5.74, 6) is 2.54. The standard InChI is InChI=1S/C8H13NO/c9-7-4-1-5-3-10-8(7)6(5)2-4/h4-8H,1-3,9H2. The topological polar surface area (TPSA) is 35.2 Å². The van der Waals surface area contributed by atoms with Crippen LogP contribution in [-0.4, -0.2) is 18.8 Å². The Bertz CT molecular complexity index is 169. The van der Waals surface area contributed by atoms with Gasteiger partial charge < -0.3 is 10.5 Å². The van der Waals surface area contributed by atoms with Crippen molar-refractivity contribution in [2.75, 3.05) is 6.61 Å². The summed E-state index contributed by atoms with van der Waals surface area (Å²) in [5, 5.41) is 0. The van der Waals surface area contributed by atoms with Gasteiger partial charge in [0.2, 0.25) is 0 Å². The molecule has 1 heterocycles. The minimum atomic E-state index is 0.378. The predicted molar refractivity (Wildman–Crippen MR) is 37.4 cm³/mol. The van der Waals surface area contributed by atoms with Crippen LogP contribution >= 0.6 is 0 Å². The lowest BCUT2D eigenvalue weighted by Gasteiger charge is -2.22.